The molecule has 1 unspecified atom stereocenters. The lowest BCUT2D eigenvalue weighted by molar-refractivity contribution is -0.121. The van der Waals surface area contributed by atoms with Crippen molar-refractivity contribution in [3.05, 3.63) is 35.9 Å². The average Bonchev–Trinajstić information content (AvgIpc) is 2.98. The number of hydrogen-bond acceptors (Lipinski definition) is 2. The SMILES string of the molecule is Cl.NC(CC(=O)NCCCC1CCCC1)c1ccccc1. The summed E-state index contributed by atoms with van der Waals surface area (Å²) in [5, 5.41) is 2.99. The smallest absolute Gasteiger partial charge is 0.221 e. The number of benzene rings is 1. The second kappa shape index (κ2) is 9.80. The van der Waals surface area contributed by atoms with Crippen LogP contribution in [0.25, 0.3) is 0 Å². The van der Waals surface area contributed by atoms with Gasteiger partial charge in [0, 0.05) is 19.0 Å². The lowest BCUT2D eigenvalue weighted by atomic mass is 10.0. The number of halogens is 1. The van der Waals surface area contributed by atoms with Crippen molar-refractivity contribution in [2.75, 3.05) is 6.54 Å². The molecule has 0 spiro atoms. The van der Waals surface area contributed by atoms with Gasteiger partial charge in [0.05, 0.1) is 0 Å². The van der Waals surface area contributed by atoms with Crippen molar-refractivity contribution < 1.29 is 4.79 Å². The molecule has 1 fully saturated rings. The van der Waals surface area contributed by atoms with Gasteiger partial charge in [-0.1, -0.05) is 56.0 Å². The molecule has 1 aliphatic rings. The molecule has 0 aliphatic heterocycles. The molecule has 118 valence electrons. The largest absolute Gasteiger partial charge is 0.356 e. The topological polar surface area (TPSA) is 55.1 Å². The van der Waals surface area contributed by atoms with Gasteiger partial charge in [0.1, 0.15) is 0 Å². The first-order valence-electron chi connectivity index (χ1n) is 7.83. The molecule has 0 heterocycles. The van der Waals surface area contributed by atoms with Crippen molar-refractivity contribution in [2.45, 2.75) is 51.0 Å². The Kier molecular flexibility index (Phi) is 8.40. The van der Waals surface area contributed by atoms with Gasteiger partial charge in [-0.25, -0.2) is 0 Å². The average molecular weight is 311 g/mol. The molecule has 0 saturated heterocycles. The van der Waals surface area contributed by atoms with Gasteiger partial charge in [-0.05, 0) is 24.3 Å². The zero-order valence-electron chi connectivity index (χ0n) is 12.6. The van der Waals surface area contributed by atoms with Gasteiger partial charge in [0.25, 0.3) is 0 Å². The van der Waals surface area contributed by atoms with Crippen LogP contribution in [0.1, 0.15) is 56.6 Å². The first kappa shape index (κ1) is 18.0. The molecule has 1 amide bonds. The summed E-state index contributed by atoms with van der Waals surface area (Å²) in [4.78, 5) is 11.8. The van der Waals surface area contributed by atoms with E-state index >= 15 is 0 Å². The second-order valence-corrected chi connectivity index (χ2v) is 5.86. The summed E-state index contributed by atoms with van der Waals surface area (Å²) in [6, 6.07) is 9.60. The lowest BCUT2D eigenvalue weighted by Crippen LogP contribution is -2.28. The Labute approximate surface area is 134 Å². The van der Waals surface area contributed by atoms with Crippen LogP contribution in [-0.2, 0) is 4.79 Å². The molecular formula is C17H27ClN2O. The van der Waals surface area contributed by atoms with Gasteiger partial charge in [-0.3, -0.25) is 4.79 Å². The number of nitrogens with two attached hydrogens (primary N) is 1. The van der Waals surface area contributed by atoms with Gasteiger partial charge >= 0.3 is 0 Å². The molecule has 1 aromatic rings. The minimum atomic E-state index is -0.203. The van der Waals surface area contributed by atoms with E-state index in [1.54, 1.807) is 0 Å². The van der Waals surface area contributed by atoms with E-state index in [1.165, 1.54) is 32.1 Å². The van der Waals surface area contributed by atoms with Crippen LogP contribution in [-0.4, -0.2) is 12.5 Å². The molecule has 3 N–H and O–H groups in total. The van der Waals surface area contributed by atoms with Crippen LogP contribution < -0.4 is 11.1 Å². The number of amides is 1. The third kappa shape index (κ3) is 6.49. The molecule has 1 aromatic carbocycles. The van der Waals surface area contributed by atoms with Gasteiger partial charge in [-0.15, -0.1) is 12.4 Å². The normalized spacial score (nSPS) is 16.2. The fourth-order valence-electron chi connectivity index (χ4n) is 3.01. The third-order valence-corrected chi connectivity index (χ3v) is 4.22. The number of nitrogens with one attached hydrogen (secondary N) is 1. The van der Waals surface area contributed by atoms with E-state index in [0.717, 1.165) is 24.4 Å². The minimum absolute atomic E-state index is 0. The van der Waals surface area contributed by atoms with E-state index in [4.69, 9.17) is 5.73 Å². The molecule has 2 rings (SSSR count). The molecule has 0 aromatic heterocycles. The Morgan fingerprint density at radius 3 is 2.57 bits per heavy atom. The summed E-state index contributed by atoms with van der Waals surface area (Å²) in [5.74, 6) is 0.964. The van der Waals surface area contributed by atoms with E-state index in [1.807, 2.05) is 30.3 Å². The third-order valence-electron chi connectivity index (χ3n) is 4.22. The van der Waals surface area contributed by atoms with E-state index in [-0.39, 0.29) is 24.4 Å². The van der Waals surface area contributed by atoms with Gasteiger partial charge in [0.15, 0.2) is 0 Å². The van der Waals surface area contributed by atoms with Crippen molar-refractivity contribution in [3.63, 3.8) is 0 Å². The zero-order chi connectivity index (χ0) is 14.2. The van der Waals surface area contributed by atoms with Gasteiger partial charge < -0.3 is 11.1 Å². The van der Waals surface area contributed by atoms with Crippen molar-refractivity contribution in [2.24, 2.45) is 11.7 Å². The summed E-state index contributed by atoms with van der Waals surface area (Å²) in [6.07, 6.45) is 8.26. The fraction of sp³-hybridized carbons (Fsp3) is 0.588. The van der Waals surface area contributed by atoms with Crippen LogP contribution in [0.2, 0.25) is 0 Å². The predicted molar refractivity (Wildman–Crippen MR) is 89.4 cm³/mol. The first-order valence-corrected chi connectivity index (χ1v) is 7.83. The van der Waals surface area contributed by atoms with E-state index in [0.29, 0.717) is 6.42 Å². The predicted octanol–water partition coefficient (Wildman–Crippen LogP) is 3.58. The minimum Gasteiger partial charge on any atom is -0.356 e. The Bertz CT molecular complexity index is 405. The highest BCUT2D eigenvalue weighted by Crippen LogP contribution is 2.28. The first-order chi connectivity index (χ1) is 9.75. The zero-order valence-corrected chi connectivity index (χ0v) is 13.4. The summed E-state index contributed by atoms with van der Waals surface area (Å²) in [5.41, 5.74) is 7.06. The molecule has 1 saturated carbocycles. The fourth-order valence-corrected chi connectivity index (χ4v) is 3.01. The molecule has 1 aliphatic carbocycles. The Hall–Kier alpha value is -1.06. The maximum Gasteiger partial charge on any atom is 0.221 e. The van der Waals surface area contributed by atoms with E-state index in [2.05, 4.69) is 5.32 Å². The molecule has 21 heavy (non-hydrogen) atoms. The number of hydrogen-bond donors (Lipinski definition) is 2. The maximum atomic E-state index is 11.8. The molecule has 1 atom stereocenters. The van der Waals surface area contributed by atoms with Crippen LogP contribution in [0.5, 0.6) is 0 Å². The Balaban J connectivity index is 0.00000220. The standard InChI is InChI=1S/C17H26N2O.ClH/c18-16(15-10-2-1-3-11-15)13-17(20)19-12-6-9-14-7-4-5-8-14;/h1-3,10-11,14,16H,4-9,12-13,18H2,(H,19,20);1H. The van der Waals surface area contributed by atoms with Crippen LogP contribution >= 0.6 is 12.4 Å². The Morgan fingerprint density at radius 1 is 1.24 bits per heavy atom. The molecule has 4 heteroatoms. The number of carbonyl (C=O) groups is 1. The molecular weight excluding hydrogens is 284 g/mol. The lowest BCUT2D eigenvalue weighted by Gasteiger charge is -2.13. The quantitative estimate of drug-likeness (QED) is 0.756. The number of carbonyl (C=O) groups excluding carboxylic acids is 1. The van der Waals surface area contributed by atoms with Crippen molar-refractivity contribution >= 4 is 18.3 Å². The molecule has 0 bridgehead atoms. The van der Waals surface area contributed by atoms with Crippen LogP contribution in [0.15, 0.2) is 30.3 Å². The monoisotopic (exact) mass is 310 g/mol. The van der Waals surface area contributed by atoms with Crippen molar-refractivity contribution in [1.82, 2.24) is 5.32 Å². The van der Waals surface area contributed by atoms with E-state index < -0.39 is 0 Å². The summed E-state index contributed by atoms with van der Waals surface area (Å²) < 4.78 is 0. The van der Waals surface area contributed by atoms with Crippen LogP contribution in [0, 0.1) is 5.92 Å². The maximum absolute atomic E-state index is 11.8. The highest BCUT2D eigenvalue weighted by atomic mass is 35.5. The van der Waals surface area contributed by atoms with Crippen LogP contribution in [0.4, 0.5) is 0 Å². The van der Waals surface area contributed by atoms with E-state index in [9.17, 15) is 4.79 Å². The van der Waals surface area contributed by atoms with Gasteiger partial charge in [0.2, 0.25) is 5.91 Å². The molecule has 0 radical (unpaired) electrons. The highest BCUT2D eigenvalue weighted by Gasteiger charge is 2.15. The highest BCUT2D eigenvalue weighted by molar-refractivity contribution is 5.85. The Morgan fingerprint density at radius 2 is 1.90 bits per heavy atom. The number of rotatable bonds is 7. The second-order valence-electron chi connectivity index (χ2n) is 5.86. The van der Waals surface area contributed by atoms with Gasteiger partial charge in [-0.2, -0.15) is 0 Å². The summed E-state index contributed by atoms with van der Waals surface area (Å²) in [7, 11) is 0. The summed E-state index contributed by atoms with van der Waals surface area (Å²) >= 11 is 0. The van der Waals surface area contributed by atoms with Crippen molar-refractivity contribution in [3.8, 4) is 0 Å². The summed E-state index contributed by atoms with van der Waals surface area (Å²) in [6.45, 7) is 0.789. The van der Waals surface area contributed by atoms with Crippen molar-refractivity contribution in [1.29, 1.82) is 0 Å². The van der Waals surface area contributed by atoms with Crippen LogP contribution in [0.3, 0.4) is 0 Å². The molecule has 3 nitrogen and oxygen atoms in total.